The summed E-state index contributed by atoms with van der Waals surface area (Å²) in [6.07, 6.45) is -4.59. The van der Waals surface area contributed by atoms with Crippen LogP contribution in [0.15, 0.2) is 48.5 Å². The van der Waals surface area contributed by atoms with Gasteiger partial charge in [-0.1, -0.05) is 0 Å². The summed E-state index contributed by atoms with van der Waals surface area (Å²) in [5.74, 6) is -0.930. The molecular formula is C16H10AsF4N. The molecule has 0 saturated heterocycles. The third-order valence-electron chi connectivity index (χ3n) is 3.27. The molecule has 22 heavy (non-hydrogen) atoms. The maximum absolute atomic E-state index is 13.5. The second-order valence-corrected chi connectivity index (χ2v) is 6.15. The molecule has 1 atom stereocenters. The Labute approximate surface area is 132 Å². The minimum atomic E-state index is -4.59. The number of alkyl halides is 3. The van der Waals surface area contributed by atoms with Crippen molar-refractivity contribution in [2.45, 2.75) is 6.18 Å². The Hall–Kier alpha value is -1.87. The van der Waals surface area contributed by atoms with Gasteiger partial charge >= 0.3 is 132 Å². The van der Waals surface area contributed by atoms with Crippen LogP contribution in [0.3, 0.4) is 0 Å². The van der Waals surface area contributed by atoms with Crippen LogP contribution in [-0.2, 0) is 6.18 Å². The average molecular weight is 367 g/mol. The molecule has 0 aliphatic rings. The normalized spacial score (nSPS) is 11.9. The molecule has 3 rings (SSSR count). The van der Waals surface area contributed by atoms with Crippen LogP contribution in [0.5, 0.6) is 0 Å². The van der Waals surface area contributed by atoms with Crippen LogP contribution in [0, 0.1) is 5.82 Å². The molecule has 3 aromatic rings. The van der Waals surface area contributed by atoms with Crippen molar-refractivity contribution in [2.24, 2.45) is 0 Å². The molecule has 0 fully saturated rings. The number of pyridine rings is 1. The number of nitrogens with zero attached hydrogens (tertiary/aromatic N) is 1. The van der Waals surface area contributed by atoms with Gasteiger partial charge in [-0.2, -0.15) is 0 Å². The molecule has 2 aromatic carbocycles. The van der Waals surface area contributed by atoms with Crippen LogP contribution < -0.4 is 4.35 Å². The molecule has 1 heterocycles. The van der Waals surface area contributed by atoms with E-state index in [1.165, 1.54) is 16.9 Å². The molecule has 1 aromatic heterocycles. The van der Waals surface area contributed by atoms with E-state index in [4.69, 9.17) is 0 Å². The second kappa shape index (κ2) is 5.40. The fraction of sp³-hybridized carbons (Fsp3) is 0.0625. The van der Waals surface area contributed by atoms with Crippen molar-refractivity contribution in [2.75, 3.05) is 0 Å². The average Bonchev–Trinajstić information content (AvgIpc) is 2.46. The van der Waals surface area contributed by atoms with Gasteiger partial charge in [-0.15, -0.1) is 0 Å². The SMILES string of the molecule is Fc1cc(-c2ccc3cccc([AsH2])c3n2)cc(C(F)(F)F)c1. The fourth-order valence-corrected chi connectivity index (χ4v) is 2.95. The molecular weight excluding hydrogens is 357 g/mol. The number of rotatable bonds is 1. The van der Waals surface area contributed by atoms with Gasteiger partial charge in [-0.25, -0.2) is 0 Å². The molecule has 6 heteroatoms. The van der Waals surface area contributed by atoms with Gasteiger partial charge in [-0.3, -0.25) is 0 Å². The van der Waals surface area contributed by atoms with Gasteiger partial charge < -0.3 is 0 Å². The van der Waals surface area contributed by atoms with Crippen LogP contribution in [-0.4, -0.2) is 21.8 Å². The number of para-hydroxylation sites is 1. The predicted octanol–water partition coefficient (Wildman–Crippen LogP) is 3.32. The Morgan fingerprint density at radius 3 is 2.45 bits per heavy atom. The number of hydrogen-bond donors (Lipinski definition) is 0. The first-order chi connectivity index (χ1) is 10.3. The first-order valence-corrected chi connectivity index (χ1v) is 7.59. The Kier molecular flexibility index (Phi) is 3.69. The predicted molar refractivity (Wildman–Crippen MR) is 80.3 cm³/mol. The van der Waals surface area contributed by atoms with Gasteiger partial charge in [0.1, 0.15) is 0 Å². The van der Waals surface area contributed by atoms with Crippen LogP contribution in [0.4, 0.5) is 17.6 Å². The number of hydrogen-bond acceptors (Lipinski definition) is 1. The van der Waals surface area contributed by atoms with E-state index in [2.05, 4.69) is 4.98 Å². The number of fused-ring (bicyclic) bond motifs is 1. The Morgan fingerprint density at radius 1 is 0.955 bits per heavy atom. The number of halogens is 4. The third-order valence-corrected chi connectivity index (χ3v) is 4.25. The summed E-state index contributed by atoms with van der Waals surface area (Å²) >= 11 is 1.37. The Morgan fingerprint density at radius 2 is 1.73 bits per heavy atom. The van der Waals surface area contributed by atoms with E-state index in [1.807, 2.05) is 18.2 Å². The van der Waals surface area contributed by atoms with Crippen molar-refractivity contribution in [3.63, 3.8) is 0 Å². The second-order valence-electron chi connectivity index (χ2n) is 4.84. The van der Waals surface area contributed by atoms with Crippen LogP contribution >= 0.6 is 0 Å². The van der Waals surface area contributed by atoms with Crippen molar-refractivity contribution in [3.8, 4) is 11.3 Å². The summed E-state index contributed by atoms with van der Waals surface area (Å²) in [5, 5.41) is 0.901. The van der Waals surface area contributed by atoms with E-state index in [0.29, 0.717) is 11.8 Å². The molecule has 0 amide bonds. The molecule has 0 saturated carbocycles. The van der Waals surface area contributed by atoms with Crippen molar-refractivity contribution < 1.29 is 17.6 Å². The standard InChI is InChI=1S/C16H10AsF4N/c17-13-3-1-2-9-4-5-14(22-15(9)13)10-6-11(16(19,20)21)8-12(18)7-10/h1-8H,17H2. The van der Waals surface area contributed by atoms with Gasteiger partial charge in [0, 0.05) is 0 Å². The molecule has 0 N–H and O–H groups in total. The molecule has 1 nitrogen and oxygen atoms in total. The van der Waals surface area contributed by atoms with Crippen molar-refractivity contribution >= 4 is 32.1 Å². The molecule has 112 valence electrons. The summed E-state index contributed by atoms with van der Waals surface area (Å²) in [5.41, 5.74) is 0.142. The molecule has 0 aliphatic carbocycles. The van der Waals surface area contributed by atoms with Crippen molar-refractivity contribution in [3.05, 3.63) is 59.9 Å². The summed E-state index contributed by atoms with van der Waals surface area (Å²) in [6, 6.07) is 11.5. The third kappa shape index (κ3) is 2.86. The van der Waals surface area contributed by atoms with Gasteiger partial charge in [-0.05, 0) is 0 Å². The van der Waals surface area contributed by atoms with E-state index < -0.39 is 17.6 Å². The zero-order valence-corrected chi connectivity index (χ0v) is 13.6. The van der Waals surface area contributed by atoms with Gasteiger partial charge in [0.05, 0.1) is 0 Å². The molecule has 1 unspecified atom stereocenters. The zero-order chi connectivity index (χ0) is 15.9. The zero-order valence-electron chi connectivity index (χ0n) is 11.2. The van der Waals surface area contributed by atoms with Crippen LogP contribution in [0.2, 0.25) is 0 Å². The van der Waals surface area contributed by atoms with E-state index >= 15 is 0 Å². The van der Waals surface area contributed by atoms with E-state index in [9.17, 15) is 17.6 Å². The summed E-state index contributed by atoms with van der Waals surface area (Å²) in [4.78, 5) is 4.39. The van der Waals surface area contributed by atoms with Gasteiger partial charge in [0.15, 0.2) is 0 Å². The van der Waals surface area contributed by atoms with E-state index in [0.717, 1.165) is 27.4 Å². The summed E-state index contributed by atoms with van der Waals surface area (Å²) in [7, 11) is 0. The van der Waals surface area contributed by atoms with Gasteiger partial charge in [0.2, 0.25) is 0 Å². The quantitative estimate of drug-likeness (QED) is 0.475. The van der Waals surface area contributed by atoms with Crippen molar-refractivity contribution in [1.29, 1.82) is 0 Å². The molecule has 0 bridgehead atoms. The number of aromatic nitrogens is 1. The van der Waals surface area contributed by atoms with Gasteiger partial charge in [0.25, 0.3) is 0 Å². The van der Waals surface area contributed by atoms with Crippen LogP contribution in [0.1, 0.15) is 5.56 Å². The van der Waals surface area contributed by atoms with Crippen LogP contribution in [0.25, 0.3) is 22.2 Å². The Bertz CT molecular complexity index is 858. The van der Waals surface area contributed by atoms with E-state index in [-0.39, 0.29) is 5.56 Å². The number of benzene rings is 2. The fourth-order valence-electron chi connectivity index (χ4n) is 2.23. The molecule has 0 radical (unpaired) electrons. The van der Waals surface area contributed by atoms with E-state index in [1.54, 1.807) is 12.1 Å². The topological polar surface area (TPSA) is 12.9 Å². The van der Waals surface area contributed by atoms with Crippen molar-refractivity contribution in [1.82, 2.24) is 4.98 Å². The first kappa shape index (κ1) is 15.0. The maximum atomic E-state index is 13.5. The summed E-state index contributed by atoms with van der Waals surface area (Å²) < 4.78 is 52.9. The summed E-state index contributed by atoms with van der Waals surface area (Å²) in [6.45, 7) is 0. The minimum absolute atomic E-state index is 0.116. The molecule has 0 aliphatic heterocycles. The monoisotopic (exact) mass is 367 g/mol. The Balaban J connectivity index is 2.19. The first-order valence-electron chi connectivity index (χ1n) is 6.38. The molecule has 0 spiro atoms.